The van der Waals surface area contributed by atoms with Gasteiger partial charge in [0.15, 0.2) is 0 Å². The Bertz CT molecular complexity index is 273. The van der Waals surface area contributed by atoms with Crippen molar-refractivity contribution in [1.82, 2.24) is 0 Å². The molecule has 0 saturated heterocycles. The van der Waals surface area contributed by atoms with E-state index in [-0.39, 0.29) is 0 Å². The first-order chi connectivity index (χ1) is 9.24. The lowest BCUT2D eigenvalue weighted by molar-refractivity contribution is -0.331. The maximum atomic E-state index is 5.93. The Labute approximate surface area is 131 Å². The van der Waals surface area contributed by atoms with Crippen molar-refractivity contribution in [2.24, 2.45) is 5.41 Å². The van der Waals surface area contributed by atoms with Gasteiger partial charge in [-0.25, -0.2) is 0 Å². The number of hydrogen-bond acceptors (Lipinski definition) is 4. The zero-order valence-electron chi connectivity index (χ0n) is 16.1. The van der Waals surface area contributed by atoms with Crippen LogP contribution in [0.4, 0.5) is 0 Å². The van der Waals surface area contributed by atoms with Crippen molar-refractivity contribution >= 4 is 0 Å². The quantitative estimate of drug-likeness (QED) is 0.685. The molecule has 0 aliphatic rings. The van der Waals surface area contributed by atoms with Gasteiger partial charge in [0, 0.05) is 28.4 Å². The van der Waals surface area contributed by atoms with E-state index in [1.807, 2.05) is 0 Å². The van der Waals surface area contributed by atoms with Crippen LogP contribution in [0.2, 0.25) is 0 Å². The number of methoxy groups -OCH3 is 4. The normalized spacial score (nSPS) is 15.4. The van der Waals surface area contributed by atoms with Gasteiger partial charge in [0.05, 0.1) is 27.8 Å². The summed E-state index contributed by atoms with van der Waals surface area (Å²) in [6, 6.07) is 0. The van der Waals surface area contributed by atoms with Crippen molar-refractivity contribution in [2.75, 3.05) is 28.4 Å². The monoisotopic (exact) mass is 304 g/mol. The van der Waals surface area contributed by atoms with E-state index >= 15 is 0 Å². The molecular formula is C17H36O4. The topological polar surface area (TPSA) is 36.9 Å². The third-order valence-corrected chi connectivity index (χ3v) is 5.65. The first-order valence-electron chi connectivity index (χ1n) is 7.45. The Morgan fingerprint density at radius 3 is 0.619 bits per heavy atom. The first kappa shape index (κ1) is 20.8. The Kier molecular flexibility index (Phi) is 6.10. The Hall–Kier alpha value is -0.160. The van der Waals surface area contributed by atoms with Crippen LogP contribution in [0.1, 0.15) is 55.4 Å². The third-order valence-electron chi connectivity index (χ3n) is 5.65. The minimum Gasteiger partial charge on any atom is -0.378 e. The van der Waals surface area contributed by atoms with Gasteiger partial charge in [0.25, 0.3) is 0 Å². The summed E-state index contributed by atoms with van der Waals surface area (Å²) in [5.41, 5.74) is -2.86. The summed E-state index contributed by atoms with van der Waals surface area (Å²) in [4.78, 5) is 0. The lowest BCUT2D eigenvalue weighted by Crippen LogP contribution is -2.77. The molecule has 0 N–H and O–H groups in total. The highest BCUT2D eigenvalue weighted by molar-refractivity contribution is 5.20. The highest BCUT2D eigenvalue weighted by Crippen LogP contribution is 2.60. The number of rotatable bonds is 8. The summed E-state index contributed by atoms with van der Waals surface area (Å²) in [6.07, 6.45) is 0. The average Bonchev–Trinajstić information content (AvgIpc) is 2.37. The molecule has 0 bridgehead atoms. The van der Waals surface area contributed by atoms with Gasteiger partial charge in [0.1, 0.15) is 0 Å². The molecule has 4 nitrogen and oxygen atoms in total. The predicted molar refractivity (Wildman–Crippen MR) is 86.8 cm³/mol. The molecule has 0 aromatic heterocycles. The molecule has 0 rings (SSSR count). The fourth-order valence-corrected chi connectivity index (χ4v) is 4.96. The minimum absolute atomic E-state index is 0.564. The van der Waals surface area contributed by atoms with E-state index < -0.39 is 27.8 Å². The van der Waals surface area contributed by atoms with E-state index in [9.17, 15) is 0 Å². The smallest absolute Gasteiger partial charge is 0.0840 e. The highest BCUT2D eigenvalue weighted by atomic mass is 16.5. The van der Waals surface area contributed by atoms with Crippen molar-refractivity contribution in [3.05, 3.63) is 0 Å². The summed E-state index contributed by atoms with van der Waals surface area (Å²) in [7, 11) is 6.88. The molecule has 0 radical (unpaired) electrons. The van der Waals surface area contributed by atoms with Crippen molar-refractivity contribution in [1.29, 1.82) is 0 Å². The van der Waals surface area contributed by atoms with Crippen LogP contribution >= 0.6 is 0 Å². The third kappa shape index (κ3) is 2.76. The van der Waals surface area contributed by atoms with Crippen LogP contribution in [-0.4, -0.2) is 50.8 Å². The van der Waals surface area contributed by atoms with Crippen molar-refractivity contribution < 1.29 is 18.9 Å². The van der Waals surface area contributed by atoms with Gasteiger partial charge in [0.2, 0.25) is 0 Å². The molecule has 0 heterocycles. The second-order valence-corrected chi connectivity index (χ2v) is 7.61. The van der Waals surface area contributed by atoms with Gasteiger partial charge in [-0.1, -0.05) is 0 Å². The van der Waals surface area contributed by atoms with Crippen molar-refractivity contribution in [3.63, 3.8) is 0 Å². The van der Waals surface area contributed by atoms with E-state index in [0.29, 0.717) is 0 Å². The highest BCUT2D eigenvalue weighted by Gasteiger charge is 2.71. The molecule has 0 aliphatic carbocycles. The molecule has 0 aromatic rings. The molecule has 0 fully saturated rings. The second kappa shape index (κ2) is 6.15. The second-order valence-electron chi connectivity index (χ2n) is 7.61. The molecule has 4 heteroatoms. The van der Waals surface area contributed by atoms with Gasteiger partial charge >= 0.3 is 0 Å². The summed E-state index contributed by atoms with van der Waals surface area (Å²) in [5, 5.41) is 0. The number of hydrogen-bond donors (Lipinski definition) is 0. The molecule has 0 atom stereocenters. The van der Waals surface area contributed by atoms with E-state index in [1.54, 1.807) is 28.4 Å². The molecule has 0 aliphatic heterocycles. The van der Waals surface area contributed by atoms with Crippen LogP contribution in [0.3, 0.4) is 0 Å². The van der Waals surface area contributed by atoms with Crippen LogP contribution < -0.4 is 0 Å². The number of ether oxygens (including phenoxy) is 4. The van der Waals surface area contributed by atoms with Gasteiger partial charge in [-0.2, -0.15) is 0 Å². The van der Waals surface area contributed by atoms with Crippen LogP contribution in [0.5, 0.6) is 0 Å². The average molecular weight is 304 g/mol. The Morgan fingerprint density at radius 1 is 0.381 bits per heavy atom. The summed E-state index contributed by atoms with van der Waals surface area (Å²) >= 11 is 0. The molecule has 0 aromatic carbocycles. The van der Waals surface area contributed by atoms with Crippen molar-refractivity contribution in [2.45, 2.75) is 77.8 Å². The molecule has 0 amide bonds. The minimum atomic E-state index is -0.604. The van der Waals surface area contributed by atoms with E-state index in [2.05, 4.69) is 55.4 Å². The van der Waals surface area contributed by atoms with Crippen LogP contribution in [0, 0.1) is 5.41 Å². The lowest BCUT2D eigenvalue weighted by atomic mass is 9.48. The fourth-order valence-electron chi connectivity index (χ4n) is 4.96. The fraction of sp³-hybridized carbons (Fsp3) is 1.00. The standard InChI is InChI=1S/C17H36O4/c1-13(2,18-9)17(14(3,4)19-10,15(5,6)20-11)16(7,8)21-12/h1-12H3. The van der Waals surface area contributed by atoms with E-state index in [4.69, 9.17) is 18.9 Å². The largest absolute Gasteiger partial charge is 0.378 e. The summed E-state index contributed by atoms with van der Waals surface area (Å²) < 4.78 is 23.7. The molecular weight excluding hydrogens is 268 g/mol. The maximum absolute atomic E-state index is 5.93. The molecule has 0 unspecified atom stereocenters. The zero-order valence-corrected chi connectivity index (χ0v) is 16.1. The van der Waals surface area contributed by atoms with E-state index in [1.165, 1.54) is 0 Å². The van der Waals surface area contributed by atoms with Crippen LogP contribution in [-0.2, 0) is 18.9 Å². The van der Waals surface area contributed by atoms with Gasteiger partial charge in [-0.05, 0) is 55.4 Å². The molecule has 0 spiro atoms. The van der Waals surface area contributed by atoms with Crippen LogP contribution in [0.15, 0.2) is 0 Å². The predicted octanol–water partition coefficient (Wildman–Crippen LogP) is 3.67. The van der Waals surface area contributed by atoms with Gasteiger partial charge in [-0.15, -0.1) is 0 Å². The van der Waals surface area contributed by atoms with Gasteiger partial charge in [-0.3, -0.25) is 0 Å². The first-order valence-corrected chi connectivity index (χ1v) is 7.45. The van der Waals surface area contributed by atoms with Crippen LogP contribution in [0.25, 0.3) is 0 Å². The van der Waals surface area contributed by atoms with Crippen molar-refractivity contribution in [3.8, 4) is 0 Å². The summed E-state index contributed by atoms with van der Waals surface area (Å²) in [5.74, 6) is 0. The Balaban J connectivity index is 6.85. The molecule has 0 saturated carbocycles. The Morgan fingerprint density at radius 2 is 0.524 bits per heavy atom. The lowest BCUT2D eigenvalue weighted by Gasteiger charge is -2.66. The maximum Gasteiger partial charge on any atom is 0.0840 e. The molecule has 128 valence electrons. The summed E-state index contributed by atoms with van der Waals surface area (Å²) in [6.45, 7) is 16.5. The molecule has 21 heavy (non-hydrogen) atoms. The van der Waals surface area contributed by atoms with E-state index in [0.717, 1.165) is 0 Å². The zero-order chi connectivity index (χ0) is 17.3. The SMILES string of the molecule is COC(C)(C)C(C(C)(C)OC)(C(C)(C)OC)C(C)(C)OC. The van der Waals surface area contributed by atoms with Gasteiger partial charge < -0.3 is 18.9 Å².